The van der Waals surface area contributed by atoms with Crippen LogP contribution in [0, 0.1) is 11.5 Å². The number of rotatable bonds is 10. The molecule has 230 valence electrons. The second-order valence-corrected chi connectivity index (χ2v) is 11.4. The molecular formula is C27H24N10O6S2. The SMILES string of the molecule is CN=C(C(=O)NC1C(=O)N2C(C(=O)O)=C(Cc3ccc(-c4c[nH]c(/C(=N/OC)C(=O)NC#N)c4)cc3)CSC12)c1nsc(N)n1. The Morgan fingerprint density at radius 3 is 2.62 bits per heavy atom. The maximum absolute atomic E-state index is 13.1. The number of carboxylic acids is 1. The number of aliphatic imine (C=N–C) groups is 1. The van der Waals surface area contributed by atoms with Crippen LogP contribution in [0.5, 0.6) is 0 Å². The number of nitrogen functional groups attached to an aromatic ring is 1. The molecule has 1 fully saturated rings. The molecule has 0 spiro atoms. The number of H-pyrrole nitrogens is 1. The van der Waals surface area contributed by atoms with E-state index < -0.39 is 35.1 Å². The van der Waals surface area contributed by atoms with Crippen molar-refractivity contribution in [3.05, 3.63) is 64.9 Å². The molecule has 2 unspecified atom stereocenters. The Hall–Kier alpha value is -5.54. The van der Waals surface area contributed by atoms with Gasteiger partial charge in [0.05, 0.1) is 5.69 Å². The molecule has 3 amide bonds. The van der Waals surface area contributed by atoms with Crippen LogP contribution in [0.15, 0.2) is 57.9 Å². The molecule has 0 bridgehead atoms. The number of nitrogens with one attached hydrogen (secondary N) is 3. The fourth-order valence-corrected chi connectivity index (χ4v) is 6.62. The minimum absolute atomic E-state index is 0.0430. The first kappa shape index (κ1) is 30.9. The van der Waals surface area contributed by atoms with Gasteiger partial charge in [0.2, 0.25) is 0 Å². The molecule has 2 aromatic heterocycles. The predicted molar refractivity (Wildman–Crippen MR) is 164 cm³/mol. The number of nitrogens with two attached hydrogens (primary N) is 1. The van der Waals surface area contributed by atoms with Crippen LogP contribution in [0.25, 0.3) is 11.1 Å². The number of carbonyl (C=O) groups is 4. The first-order chi connectivity index (χ1) is 21.7. The normalized spacial score (nSPS) is 18.1. The van der Waals surface area contributed by atoms with Crippen molar-refractivity contribution in [3.63, 3.8) is 0 Å². The number of anilines is 1. The number of β-lactam (4-membered cyclic amide) rings is 1. The fourth-order valence-electron chi connectivity index (χ4n) is 4.84. The zero-order chi connectivity index (χ0) is 32.2. The monoisotopic (exact) mass is 648 g/mol. The minimum Gasteiger partial charge on any atom is -0.477 e. The summed E-state index contributed by atoms with van der Waals surface area (Å²) in [6.45, 7) is 0. The van der Waals surface area contributed by atoms with Crippen molar-refractivity contribution in [1.82, 2.24) is 29.9 Å². The Balaban J connectivity index is 1.29. The number of aromatic nitrogens is 3. The molecule has 2 atom stereocenters. The van der Waals surface area contributed by atoms with Crippen molar-refractivity contribution in [2.45, 2.75) is 17.8 Å². The van der Waals surface area contributed by atoms with Crippen LogP contribution in [-0.4, -0.2) is 90.8 Å². The molecule has 0 saturated carbocycles. The number of amides is 3. The first-order valence-electron chi connectivity index (χ1n) is 13.0. The number of hydrogen-bond acceptors (Lipinski definition) is 13. The lowest BCUT2D eigenvalue weighted by Gasteiger charge is -2.49. The van der Waals surface area contributed by atoms with Crippen molar-refractivity contribution < 1.29 is 29.1 Å². The summed E-state index contributed by atoms with van der Waals surface area (Å²) in [4.78, 5) is 67.2. The van der Waals surface area contributed by atoms with E-state index in [1.165, 1.54) is 30.8 Å². The van der Waals surface area contributed by atoms with Gasteiger partial charge < -0.3 is 26.0 Å². The number of oxime groups is 1. The number of carboxylic acid groups (broad SMARTS) is 1. The van der Waals surface area contributed by atoms with Crippen LogP contribution in [0.3, 0.4) is 0 Å². The topological polar surface area (TPSA) is 241 Å². The Morgan fingerprint density at radius 2 is 2.00 bits per heavy atom. The summed E-state index contributed by atoms with van der Waals surface area (Å²) >= 11 is 2.26. The Kier molecular flexibility index (Phi) is 8.92. The van der Waals surface area contributed by atoms with E-state index in [9.17, 15) is 24.3 Å². The summed E-state index contributed by atoms with van der Waals surface area (Å²) in [6, 6.07) is 8.07. The number of aliphatic carboxylic acids is 1. The second-order valence-electron chi connectivity index (χ2n) is 9.51. The quantitative estimate of drug-likeness (QED) is 0.0665. The molecule has 45 heavy (non-hydrogen) atoms. The van der Waals surface area contributed by atoms with E-state index in [1.54, 1.807) is 18.5 Å². The van der Waals surface area contributed by atoms with Gasteiger partial charge in [0.15, 0.2) is 28.6 Å². The third-order valence-corrected chi connectivity index (χ3v) is 8.72. The molecule has 2 aliphatic heterocycles. The van der Waals surface area contributed by atoms with Crippen molar-refractivity contribution in [1.29, 1.82) is 5.26 Å². The lowest BCUT2D eigenvalue weighted by atomic mass is 9.97. The van der Waals surface area contributed by atoms with Gasteiger partial charge in [0.1, 0.15) is 24.2 Å². The van der Waals surface area contributed by atoms with Crippen molar-refractivity contribution in [3.8, 4) is 17.3 Å². The van der Waals surface area contributed by atoms with Gasteiger partial charge in [0.25, 0.3) is 17.7 Å². The van der Waals surface area contributed by atoms with Gasteiger partial charge in [-0.1, -0.05) is 29.4 Å². The van der Waals surface area contributed by atoms with Crippen LogP contribution in [0.1, 0.15) is 17.1 Å². The lowest BCUT2D eigenvalue weighted by Crippen LogP contribution is -2.71. The third kappa shape index (κ3) is 6.11. The number of benzene rings is 1. The number of carbonyl (C=O) groups excluding carboxylic acids is 3. The van der Waals surface area contributed by atoms with Gasteiger partial charge in [-0.3, -0.25) is 29.6 Å². The average Bonchev–Trinajstić information content (AvgIpc) is 3.68. The van der Waals surface area contributed by atoms with Crippen LogP contribution >= 0.6 is 23.3 Å². The molecule has 5 rings (SSSR count). The van der Waals surface area contributed by atoms with E-state index in [1.807, 2.05) is 29.6 Å². The number of aromatic amines is 1. The van der Waals surface area contributed by atoms with Crippen molar-refractivity contribution in [2.24, 2.45) is 10.1 Å². The van der Waals surface area contributed by atoms with Gasteiger partial charge in [-0.15, -0.1) is 11.8 Å². The number of fused-ring (bicyclic) bond motifs is 1. The molecule has 0 radical (unpaired) electrons. The number of thioether (sulfide) groups is 1. The Morgan fingerprint density at radius 1 is 1.24 bits per heavy atom. The highest BCUT2D eigenvalue weighted by Gasteiger charge is 2.54. The molecule has 3 aromatic rings. The van der Waals surface area contributed by atoms with Crippen molar-refractivity contribution in [2.75, 3.05) is 25.6 Å². The van der Waals surface area contributed by atoms with E-state index in [4.69, 9.17) is 15.8 Å². The molecule has 2 aliphatic rings. The number of nitrogens with zero attached hydrogens (tertiary/aromatic N) is 6. The summed E-state index contributed by atoms with van der Waals surface area (Å²) in [7, 11) is 2.67. The van der Waals surface area contributed by atoms with Crippen LogP contribution in [0.4, 0.5) is 5.13 Å². The van der Waals surface area contributed by atoms with E-state index in [-0.39, 0.29) is 34.5 Å². The minimum atomic E-state index is -1.24. The molecular weight excluding hydrogens is 624 g/mol. The lowest BCUT2D eigenvalue weighted by molar-refractivity contribution is -0.150. The van der Waals surface area contributed by atoms with Crippen LogP contribution in [-0.2, 0) is 30.4 Å². The van der Waals surface area contributed by atoms with Gasteiger partial charge >= 0.3 is 5.97 Å². The fraction of sp³-hybridized carbons (Fsp3) is 0.222. The van der Waals surface area contributed by atoms with Gasteiger partial charge in [0, 0.05) is 30.5 Å². The Labute approximate surface area is 263 Å². The highest BCUT2D eigenvalue weighted by molar-refractivity contribution is 8.00. The van der Waals surface area contributed by atoms with Gasteiger partial charge in [-0.2, -0.15) is 14.6 Å². The largest absolute Gasteiger partial charge is 0.477 e. The highest BCUT2D eigenvalue weighted by atomic mass is 32.2. The van der Waals surface area contributed by atoms with E-state index >= 15 is 0 Å². The molecule has 0 aliphatic carbocycles. The standard InChI is InChI=1S/C27H24N10O6S2/c1-30-18(21-34-27(29)45-36-21)23(39)33-19-24(40)37-20(26(41)42)15(10-44-25(19)37)7-12-3-5-13(6-4-12)14-8-16(31-9-14)17(35-43-2)22(38)32-11-28/h3-6,8-9,19,25,31H,7,10H2,1-2H3,(H,32,38)(H,33,39)(H,41,42)(H2,29,34,36)/b30-18?,35-17-. The zero-order valence-electron chi connectivity index (χ0n) is 23.6. The summed E-state index contributed by atoms with van der Waals surface area (Å²) in [5, 5.41) is 26.7. The van der Waals surface area contributed by atoms with E-state index in [2.05, 4.69) is 29.8 Å². The molecule has 1 saturated heterocycles. The van der Waals surface area contributed by atoms with Crippen LogP contribution < -0.4 is 16.4 Å². The molecule has 16 nitrogen and oxygen atoms in total. The summed E-state index contributed by atoms with van der Waals surface area (Å²) in [5.41, 5.74) is 8.55. The van der Waals surface area contributed by atoms with Crippen LogP contribution in [0.2, 0.25) is 0 Å². The summed E-state index contributed by atoms with van der Waals surface area (Å²) in [5.74, 6) is -2.81. The second kappa shape index (κ2) is 13.0. The zero-order valence-corrected chi connectivity index (χ0v) is 25.2. The molecule has 4 heterocycles. The van der Waals surface area contributed by atoms with E-state index in [0.717, 1.165) is 28.2 Å². The number of nitriles is 1. The maximum atomic E-state index is 13.1. The van der Waals surface area contributed by atoms with Gasteiger partial charge in [-0.25, -0.2) is 4.79 Å². The van der Waals surface area contributed by atoms with E-state index in [0.29, 0.717) is 17.0 Å². The first-order valence-corrected chi connectivity index (χ1v) is 14.8. The third-order valence-electron chi connectivity index (χ3n) is 6.84. The van der Waals surface area contributed by atoms with Crippen molar-refractivity contribution >= 4 is 63.5 Å². The Bertz CT molecular complexity index is 1820. The smallest absolute Gasteiger partial charge is 0.352 e. The number of hydrogen-bond donors (Lipinski definition) is 5. The average molecular weight is 649 g/mol. The molecule has 6 N–H and O–H groups in total. The highest BCUT2D eigenvalue weighted by Crippen LogP contribution is 2.41. The maximum Gasteiger partial charge on any atom is 0.352 e. The predicted octanol–water partition coefficient (Wildman–Crippen LogP) is 0.463. The van der Waals surface area contributed by atoms with Gasteiger partial charge in [-0.05, 0) is 34.8 Å². The molecule has 18 heteroatoms. The molecule has 1 aromatic carbocycles. The summed E-state index contributed by atoms with van der Waals surface area (Å²) in [6.07, 6.45) is 3.50. The summed E-state index contributed by atoms with van der Waals surface area (Å²) < 4.78 is 3.99.